The monoisotopic (exact) mass is 283 g/mol. The molecular formula is C15H13F4N. The summed E-state index contributed by atoms with van der Waals surface area (Å²) in [6, 6.07) is 6.97. The second-order valence-electron chi connectivity index (χ2n) is 4.62. The minimum absolute atomic E-state index is 0.0986. The third kappa shape index (κ3) is 3.50. The molecule has 1 N–H and O–H groups in total. The van der Waals surface area contributed by atoms with Crippen molar-refractivity contribution in [3.05, 3.63) is 65.2 Å². The second kappa shape index (κ2) is 5.94. The highest BCUT2D eigenvalue weighted by Crippen LogP contribution is 2.20. The van der Waals surface area contributed by atoms with Gasteiger partial charge in [-0.05, 0) is 31.0 Å². The third-order valence-corrected chi connectivity index (χ3v) is 2.87. The Hall–Kier alpha value is -2.04. The number of anilines is 1. The summed E-state index contributed by atoms with van der Waals surface area (Å²) in [7, 11) is 0. The van der Waals surface area contributed by atoms with E-state index in [0.29, 0.717) is 12.5 Å². The van der Waals surface area contributed by atoms with Gasteiger partial charge in [0.1, 0.15) is 11.6 Å². The standard InChI is InChI=1S/C15H13F4N/c1-9(6-10-2-4-11(16)5-3-10)20-15-8-13(18)12(17)7-14(15)19/h2-5,7-9,20H,6H2,1H3. The van der Waals surface area contributed by atoms with Crippen LogP contribution in [-0.4, -0.2) is 6.04 Å². The molecule has 5 heteroatoms. The van der Waals surface area contributed by atoms with Crippen LogP contribution in [0.2, 0.25) is 0 Å². The molecule has 0 heterocycles. The fraction of sp³-hybridized carbons (Fsp3) is 0.200. The molecule has 0 aromatic heterocycles. The van der Waals surface area contributed by atoms with Crippen LogP contribution in [0.25, 0.3) is 0 Å². The predicted octanol–water partition coefficient (Wildman–Crippen LogP) is 4.29. The van der Waals surface area contributed by atoms with Crippen LogP contribution in [0.5, 0.6) is 0 Å². The molecule has 0 amide bonds. The second-order valence-corrected chi connectivity index (χ2v) is 4.62. The molecule has 2 aromatic carbocycles. The predicted molar refractivity (Wildman–Crippen MR) is 69.5 cm³/mol. The first-order valence-corrected chi connectivity index (χ1v) is 6.11. The Labute approximate surface area is 114 Å². The Bertz CT molecular complexity index is 596. The Morgan fingerprint density at radius 2 is 1.50 bits per heavy atom. The number of rotatable bonds is 4. The summed E-state index contributed by atoms with van der Waals surface area (Å²) in [5, 5.41) is 2.77. The zero-order valence-electron chi connectivity index (χ0n) is 10.8. The molecule has 0 radical (unpaired) electrons. The Kier molecular flexibility index (Phi) is 4.27. The summed E-state index contributed by atoms with van der Waals surface area (Å²) in [5.41, 5.74) is 0.757. The number of hydrogen-bond donors (Lipinski definition) is 1. The molecule has 0 saturated heterocycles. The van der Waals surface area contributed by atoms with Crippen LogP contribution in [0.15, 0.2) is 36.4 Å². The molecule has 1 atom stereocenters. The van der Waals surface area contributed by atoms with E-state index in [1.807, 2.05) is 0 Å². The van der Waals surface area contributed by atoms with Gasteiger partial charge in [0.25, 0.3) is 0 Å². The molecule has 0 saturated carbocycles. The van der Waals surface area contributed by atoms with Crippen molar-refractivity contribution in [3.8, 4) is 0 Å². The van der Waals surface area contributed by atoms with E-state index in [9.17, 15) is 17.6 Å². The van der Waals surface area contributed by atoms with Gasteiger partial charge in [0, 0.05) is 18.2 Å². The van der Waals surface area contributed by atoms with Crippen LogP contribution in [-0.2, 0) is 6.42 Å². The molecular weight excluding hydrogens is 270 g/mol. The zero-order valence-corrected chi connectivity index (χ0v) is 10.8. The maximum Gasteiger partial charge on any atom is 0.161 e. The Balaban J connectivity index is 2.06. The van der Waals surface area contributed by atoms with Crippen molar-refractivity contribution in [3.63, 3.8) is 0 Å². The lowest BCUT2D eigenvalue weighted by Gasteiger charge is -2.16. The van der Waals surface area contributed by atoms with E-state index in [0.717, 1.165) is 11.6 Å². The molecule has 0 aliphatic carbocycles. The molecule has 0 aliphatic heterocycles. The highest BCUT2D eigenvalue weighted by atomic mass is 19.2. The van der Waals surface area contributed by atoms with Gasteiger partial charge in [-0.15, -0.1) is 0 Å². The van der Waals surface area contributed by atoms with Gasteiger partial charge in [0.15, 0.2) is 11.6 Å². The fourth-order valence-electron chi connectivity index (χ4n) is 1.92. The lowest BCUT2D eigenvalue weighted by atomic mass is 10.1. The van der Waals surface area contributed by atoms with Crippen LogP contribution in [0, 0.1) is 23.3 Å². The van der Waals surface area contributed by atoms with E-state index in [1.165, 1.54) is 12.1 Å². The van der Waals surface area contributed by atoms with Gasteiger partial charge in [-0.25, -0.2) is 17.6 Å². The van der Waals surface area contributed by atoms with Crippen molar-refractivity contribution < 1.29 is 17.6 Å². The first kappa shape index (κ1) is 14.4. The average Bonchev–Trinajstić information content (AvgIpc) is 2.39. The van der Waals surface area contributed by atoms with Gasteiger partial charge in [-0.3, -0.25) is 0 Å². The average molecular weight is 283 g/mol. The summed E-state index contributed by atoms with van der Waals surface area (Å²) >= 11 is 0. The van der Waals surface area contributed by atoms with E-state index in [1.54, 1.807) is 19.1 Å². The molecule has 0 bridgehead atoms. The number of benzene rings is 2. The maximum absolute atomic E-state index is 13.5. The minimum atomic E-state index is -1.22. The fourth-order valence-corrected chi connectivity index (χ4v) is 1.92. The maximum atomic E-state index is 13.5. The number of halogens is 4. The Morgan fingerprint density at radius 1 is 0.900 bits per heavy atom. The van der Waals surface area contributed by atoms with Crippen LogP contribution in [0.1, 0.15) is 12.5 Å². The molecule has 0 fully saturated rings. The van der Waals surface area contributed by atoms with E-state index >= 15 is 0 Å². The van der Waals surface area contributed by atoms with Gasteiger partial charge in [-0.1, -0.05) is 12.1 Å². The molecule has 2 aromatic rings. The van der Waals surface area contributed by atoms with Crippen molar-refractivity contribution in [2.45, 2.75) is 19.4 Å². The third-order valence-electron chi connectivity index (χ3n) is 2.87. The molecule has 106 valence electrons. The van der Waals surface area contributed by atoms with Crippen molar-refractivity contribution in [2.75, 3.05) is 5.32 Å². The Morgan fingerprint density at radius 3 is 2.15 bits per heavy atom. The van der Waals surface area contributed by atoms with E-state index in [4.69, 9.17) is 0 Å². The van der Waals surface area contributed by atoms with Crippen molar-refractivity contribution in [1.29, 1.82) is 0 Å². The largest absolute Gasteiger partial charge is 0.380 e. The van der Waals surface area contributed by atoms with Gasteiger partial charge >= 0.3 is 0 Å². The van der Waals surface area contributed by atoms with Crippen molar-refractivity contribution >= 4 is 5.69 Å². The van der Waals surface area contributed by atoms with Gasteiger partial charge < -0.3 is 5.32 Å². The summed E-state index contributed by atoms with van der Waals surface area (Å²) in [4.78, 5) is 0. The molecule has 0 aliphatic rings. The lowest BCUT2D eigenvalue weighted by Crippen LogP contribution is -2.19. The van der Waals surface area contributed by atoms with Crippen LogP contribution < -0.4 is 5.32 Å². The molecule has 0 spiro atoms. The van der Waals surface area contributed by atoms with Crippen LogP contribution >= 0.6 is 0 Å². The van der Waals surface area contributed by atoms with Crippen molar-refractivity contribution in [1.82, 2.24) is 0 Å². The van der Waals surface area contributed by atoms with Crippen molar-refractivity contribution in [2.24, 2.45) is 0 Å². The SMILES string of the molecule is CC(Cc1ccc(F)cc1)Nc1cc(F)c(F)cc1F. The highest BCUT2D eigenvalue weighted by Gasteiger charge is 2.12. The van der Waals surface area contributed by atoms with Gasteiger partial charge in [0.2, 0.25) is 0 Å². The molecule has 1 unspecified atom stereocenters. The molecule has 2 rings (SSSR count). The zero-order chi connectivity index (χ0) is 14.7. The number of hydrogen-bond acceptors (Lipinski definition) is 1. The van der Waals surface area contributed by atoms with E-state index in [2.05, 4.69) is 5.32 Å². The topological polar surface area (TPSA) is 12.0 Å². The first-order valence-electron chi connectivity index (χ1n) is 6.11. The van der Waals surface area contributed by atoms with Crippen LogP contribution in [0.4, 0.5) is 23.2 Å². The lowest BCUT2D eigenvalue weighted by molar-refractivity contribution is 0.495. The molecule has 20 heavy (non-hydrogen) atoms. The highest BCUT2D eigenvalue weighted by molar-refractivity contribution is 5.46. The summed E-state index contributed by atoms with van der Waals surface area (Å²) < 4.78 is 52.1. The molecule has 1 nitrogen and oxygen atoms in total. The minimum Gasteiger partial charge on any atom is -0.380 e. The smallest absolute Gasteiger partial charge is 0.161 e. The summed E-state index contributed by atoms with van der Waals surface area (Å²) in [5.74, 6) is -3.52. The van der Waals surface area contributed by atoms with Gasteiger partial charge in [0.05, 0.1) is 5.69 Å². The quantitative estimate of drug-likeness (QED) is 0.652. The van der Waals surface area contributed by atoms with Crippen LogP contribution in [0.3, 0.4) is 0 Å². The van der Waals surface area contributed by atoms with Gasteiger partial charge in [-0.2, -0.15) is 0 Å². The first-order chi connectivity index (χ1) is 9.45. The van der Waals surface area contributed by atoms with E-state index in [-0.39, 0.29) is 17.5 Å². The number of nitrogens with one attached hydrogen (secondary N) is 1. The summed E-state index contributed by atoms with van der Waals surface area (Å²) in [6.45, 7) is 1.77. The van der Waals surface area contributed by atoms with E-state index < -0.39 is 17.5 Å². The normalized spacial score (nSPS) is 12.2. The summed E-state index contributed by atoms with van der Waals surface area (Å²) in [6.07, 6.45) is 0.499.